The van der Waals surface area contributed by atoms with E-state index in [1.54, 1.807) is 13.8 Å². The van der Waals surface area contributed by atoms with E-state index in [9.17, 15) is 9.59 Å². The Balaban J connectivity index is 2.60. The SMILES string of the molecule is C=CCOC(=O)C1=C(C)NC(C)=C(C(=O)OC)[C@H]1c1ccc(Br)cc1. The summed E-state index contributed by atoms with van der Waals surface area (Å²) in [6, 6.07) is 7.46. The smallest absolute Gasteiger partial charge is 0.337 e. The number of carbonyl (C=O) groups is 2. The predicted octanol–water partition coefficient (Wildman–Crippen LogP) is 3.59. The van der Waals surface area contributed by atoms with Gasteiger partial charge in [0.1, 0.15) is 6.61 Å². The maximum absolute atomic E-state index is 12.6. The Morgan fingerprint density at radius 2 is 1.72 bits per heavy atom. The van der Waals surface area contributed by atoms with E-state index in [1.165, 1.54) is 13.2 Å². The number of benzene rings is 1. The Bertz CT molecular complexity index is 762. The Morgan fingerprint density at radius 1 is 1.16 bits per heavy atom. The van der Waals surface area contributed by atoms with E-state index < -0.39 is 17.9 Å². The monoisotopic (exact) mass is 405 g/mol. The third-order valence-electron chi connectivity index (χ3n) is 3.92. The lowest BCUT2D eigenvalue weighted by Gasteiger charge is -2.30. The molecule has 6 heteroatoms. The number of hydrogen-bond donors (Lipinski definition) is 1. The zero-order valence-electron chi connectivity index (χ0n) is 14.4. The van der Waals surface area contributed by atoms with Gasteiger partial charge in [0.2, 0.25) is 0 Å². The molecule has 25 heavy (non-hydrogen) atoms. The third kappa shape index (κ3) is 4.02. The minimum absolute atomic E-state index is 0.0962. The number of ether oxygens (including phenoxy) is 2. The summed E-state index contributed by atoms with van der Waals surface area (Å²) in [7, 11) is 1.32. The maximum atomic E-state index is 12.6. The van der Waals surface area contributed by atoms with Crippen LogP contribution in [0.25, 0.3) is 0 Å². The molecule has 132 valence electrons. The van der Waals surface area contributed by atoms with Crippen LogP contribution in [0.2, 0.25) is 0 Å². The number of rotatable bonds is 5. The fraction of sp³-hybridized carbons (Fsp3) is 0.263. The van der Waals surface area contributed by atoms with Crippen LogP contribution in [0.4, 0.5) is 0 Å². The van der Waals surface area contributed by atoms with Crippen LogP contribution in [0.3, 0.4) is 0 Å². The summed E-state index contributed by atoms with van der Waals surface area (Å²) < 4.78 is 11.1. The minimum atomic E-state index is -0.570. The molecular weight excluding hydrogens is 386 g/mol. The second-order valence-electron chi connectivity index (χ2n) is 5.57. The summed E-state index contributed by atoms with van der Waals surface area (Å²) in [5.41, 5.74) is 2.87. The largest absolute Gasteiger partial charge is 0.466 e. The van der Waals surface area contributed by atoms with Crippen molar-refractivity contribution in [3.63, 3.8) is 0 Å². The summed E-state index contributed by atoms with van der Waals surface area (Å²) in [4.78, 5) is 25.0. The molecule has 1 heterocycles. The number of dihydropyridines is 1. The molecule has 1 aliphatic heterocycles. The molecule has 1 aromatic carbocycles. The number of halogens is 1. The summed E-state index contributed by atoms with van der Waals surface area (Å²) in [5.74, 6) is -1.55. The molecule has 2 rings (SSSR count). The Kier molecular flexibility index (Phi) is 6.20. The number of esters is 2. The van der Waals surface area contributed by atoms with E-state index >= 15 is 0 Å². The van der Waals surface area contributed by atoms with Crippen molar-refractivity contribution in [2.24, 2.45) is 0 Å². The van der Waals surface area contributed by atoms with E-state index in [4.69, 9.17) is 9.47 Å². The first-order chi connectivity index (χ1) is 11.9. The number of hydrogen-bond acceptors (Lipinski definition) is 5. The quantitative estimate of drug-likeness (QED) is 0.598. The minimum Gasteiger partial charge on any atom is -0.466 e. The average molecular weight is 406 g/mol. The molecule has 0 aliphatic carbocycles. The van der Waals surface area contributed by atoms with Gasteiger partial charge in [-0.15, -0.1) is 0 Å². The molecule has 0 amide bonds. The molecule has 0 radical (unpaired) electrons. The molecule has 0 saturated heterocycles. The van der Waals surface area contributed by atoms with Crippen molar-refractivity contribution >= 4 is 27.9 Å². The van der Waals surface area contributed by atoms with E-state index in [0.29, 0.717) is 22.5 Å². The lowest BCUT2D eigenvalue weighted by molar-refractivity contribution is -0.138. The highest BCUT2D eigenvalue weighted by Crippen LogP contribution is 2.39. The van der Waals surface area contributed by atoms with Crippen molar-refractivity contribution in [3.8, 4) is 0 Å². The molecule has 0 fully saturated rings. The Hall–Kier alpha value is -2.34. The second-order valence-corrected chi connectivity index (χ2v) is 6.48. The van der Waals surface area contributed by atoms with Crippen LogP contribution in [-0.2, 0) is 19.1 Å². The van der Waals surface area contributed by atoms with Crippen molar-refractivity contribution in [2.45, 2.75) is 19.8 Å². The first-order valence-corrected chi connectivity index (χ1v) is 8.50. The molecule has 0 spiro atoms. The fourth-order valence-electron chi connectivity index (χ4n) is 2.85. The van der Waals surface area contributed by atoms with Gasteiger partial charge in [-0.2, -0.15) is 0 Å². The number of allylic oxidation sites excluding steroid dienone is 2. The Morgan fingerprint density at radius 3 is 2.24 bits per heavy atom. The third-order valence-corrected chi connectivity index (χ3v) is 4.45. The van der Waals surface area contributed by atoms with Gasteiger partial charge in [-0.1, -0.05) is 40.7 Å². The van der Waals surface area contributed by atoms with Crippen molar-refractivity contribution in [1.82, 2.24) is 5.32 Å². The van der Waals surface area contributed by atoms with Gasteiger partial charge in [0, 0.05) is 15.9 Å². The van der Waals surface area contributed by atoms with Gasteiger partial charge in [0.25, 0.3) is 0 Å². The lowest BCUT2D eigenvalue weighted by atomic mass is 9.80. The molecule has 0 bridgehead atoms. The van der Waals surface area contributed by atoms with Crippen LogP contribution < -0.4 is 5.32 Å². The molecule has 1 atom stereocenters. The maximum Gasteiger partial charge on any atom is 0.337 e. The van der Waals surface area contributed by atoms with Gasteiger partial charge in [-0.3, -0.25) is 0 Å². The van der Waals surface area contributed by atoms with Crippen LogP contribution in [0.15, 0.2) is 63.9 Å². The molecule has 1 aliphatic rings. The van der Waals surface area contributed by atoms with Gasteiger partial charge >= 0.3 is 11.9 Å². The van der Waals surface area contributed by atoms with Crippen molar-refractivity contribution in [1.29, 1.82) is 0 Å². The topological polar surface area (TPSA) is 64.6 Å². The van der Waals surface area contributed by atoms with E-state index in [2.05, 4.69) is 27.8 Å². The van der Waals surface area contributed by atoms with Crippen LogP contribution in [0.1, 0.15) is 25.3 Å². The summed E-state index contributed by atoms with van der Waals surface area (Å²) >= 11 is 3.40. The molecule has 1 N–H and O–H groups in total. The zero-order valence-corrected chi connectivity index (χ0v) is 16.0. The van der Waals surface area contributed by atoms with Crippen LogP contribution in [0, 0.1) is 0 Å². The van der Waals surface area contributed by atoms with Crippen molar-refractivity contribution < 1.29 is 19.1 Å². The molecule has 0 saturated carbocycles. The lowest BCUT2D eigenvalue weighted by Crippen LogP contribution is -2.32. The van der Waals surface area contributed by atoms with Crippen LogP contribution >= 0.6 is 15.9 Å². The zero-order chi connectivity index (χ0) is 18.6. The van der Waals surface area contributed by atoms with Gasteiger partial charge in [0.15, 0.2) is 0 Å². The number of nitrogens with one attached hydrogen (secondary N) is 1. The van der Waals surface area contributed by atoms with Gasteiger partial charge < -0.3 is 14.8 Å². The predicted molar refractivity (Wildman–Crippen MR) is 98.6 cm³/mol. The number of carbonyl (C=O) groups excluding carboxylic acids is 2. The van der Waals surface area contributed by atoms with Gasteiger partial charge in [-0.25, -0.2) is 9.59 Å². The Labute approximate surface area is 155 Å². The number of methoxy groups -OCH3 is 1. The van der Waals surface area contributed by atoms with Gasteiger partial charge in [-0.05, 0) is 31.5 Å². The normalized spacial score (nSPS) is 17.0. The van der Waals surface area contributed by atoms with Gasteiger partial charge in [0.05, 0.1) is 24.2 Å². The summed E-state index contributed by atoms with van der Waals surface area (Å²) in [6.07, 6.45) is 1.50. The van der Waals surface area contributed by atoms with Crippen LogP contribution in [0.5, 0.6) is 0 Å². The molecule has 0 aromatic heterocycles. The molecule has 1 aromatic rings. The first kappa shape index (κ1) is 19.0. The van der Waals surface area contributed by atoms with Crippen molar-refractivity contribution in [2.75, 3.05) is 13.7 Å². The highest BCUT2D eigenvalue weighted by atomic mass is 79.9. The summed E-state index contributed by atoms with van der Waals surface area (Å²) in [5, 5.41) is 3.09. The standard InChI is InChI=1S/C19H20BrNO4/c1-5-10-25-19(23)16-12(3)21-11(2)15(18(22)24-4)17(16)13-6-8-14(20)9-7-13/h5-9,17,21H,1,10H2,2-4H3/t17-/m1/s1. The highest BCUT2D eigenvalue weighted by Gasteiger charge is 2.37. The second kappa shape index (κ2) is 8.16. The summed E-state index contributed by atoms with van der Waals surface area (Å²) in [6.45, 7) is 7.22. The average Bonchev–Trinajstić information content (AvgIpc) is 2.59. The van der Waals surface area contributed by atoms with E-state index in [0.717, 1.165) is 10.0 Å². The van der Waals surface area contributed by atoms with Crippen LogP contribution in [-0.4, -0.2) is 25.7 Å². The first-order valence-electron chi connectivity index (χ1n) is 7.71. The molecule has 0 unspecified atom stereocenters. The van der Waals surface area contributed by atoms with E-state index in [-0.39, 0.29) is 6.61 Å². The molecular formula is C19H20BrNO4. The van der Waals surface area contributed by atoms with Crippen molar-refractivity contribution in [3.05, 3.63) is 69.5 Å². The van der Waals surface area contributed by atoms with E-state index in [1.807, 2.05) is 24.3 Å². The highest BCUT2D eigenvalue weighted by molar-refractivity contribution is 9.10. The fourth-order valence-corrected chi connectivity index (χ4v) is 3.11. The molecule has 5 nitrogen and oxygen atoms in total.